The molecule has 37 heavy (non-hydrogen) atoms. The van der Waals surface area contributed by atoms with Crippen LogP contribution in [0.5, 0.6) is 0 Å². The number of urea groups is 1. The largest absolute Gasteiger partial charge is 0.494 e. The highest BCUT2D eigenvalue weighted by molar-refractivity contribution is 6.62. The molecule has 2 N–H and O–H groups in total. The zero-order chi connectivity index (χ0) is 27.2. The van der Waals surface area contributed by atoms with Crippen molar-refractivity contribution >= 4 is 30.1 Å². The Morgan fingerprint density at radius 2 is 1.49 bits per heavy atom. The highest BCUT2D eigenvalue weighted by Gasteiger charge is 2.51. The lowest BCUT2D eigenvalue weighted by Crippen LogP contribution is -2.41. The number of carbonyl (C=O) groups excluding carboxylic acids is 1. The molecule has 1 aromatic heterocycles. The molecule has 7 nitrogen and oxygen atoms in total. The molecule has 3 aromatic rings. The number of amides is 2. The third-order valence-electron chi connectivity index (χ3n) is 7.22. The van der Waals surface area contributed by atoms with E-state index in [-0.39, 0.29) is 11.4 Å². The first-order valence-corrected chi connectivity index (χ1v) is 12.9. The van der Waals surface area contributed by atoms with Gasteiger partial charge < -0.3 is 14.6 Å². The molecule has 8 heteroatoms. The summed E-state index contributed by atoms with van der Waals surface area (Å²) < 4.78 is 14.0. The Kier molecular flexibility index (Phi) is 7.03. The molecule has 1 saturated heterocycles. The molecule has 0 spiro atoms. The van der Waals surface area contributed by atoms with E-state index in [4.69, 9.17) is 14.4 Å². The van der Waals surface area contributed by atoms with Gasteiger partial charge in [-0.15, -0.1) is 0 Å². The molecule has 0 bridgehead atoms. The van der Waals surface area contributed by atoms with Gasteiger partial charge in [0.15, 0.2) is 0 Å². The van der Waals surface area contributed by atoms with E-state index in [9.17, 15) is 4.79 Å². The molecular weight excluding hydrogens is 463 g/mol. The number of nitrogens with one attached hydrogen (secondary N) is 2. The number of nitrogens with zero attached hydrogens (tertiary/aromatic N) is 2. The Bertz CT molecular complexity index is 1240. The maximum atomic E-state index is 13.0. The molecule has 0 unspecified atom stereocenters. The van der Waals surface area contributed by atoms with Crippen LogP contribution in [-0.2, 0) is 14.7 Å². The van der Waals surface area contributed by atoms with Crippen LogP contribution in [-0.4, -0.2) is 34.1 Å². The molecular formula is C29H39BN4O3. The number of carbonyl (C=O) groups is 1. The maximum Gasteiger partial charge on any atom is 0.494 e. The fourth-order valence-electron chi connectivity index (χ4n) is 4.02. The zero-order valence-electron chi connectivity index (χ0n) is 23.5. The third-order valence-corrected chi connectivity index (χ3v) is 7.22. The number of hydrogen-bond donors (Lipinski definition) is 2. The van der Waals surface area contributed by atoms with Gasteiger partial charge >= 0.3 is 13.1 Å². The number of aromatic nitrogens is 2. The molecule has 2 aromatic carbocycles. The summed E-state index contributed by atoms with van der Waals surface area (Å²) in [5, 5.41) is 10.7. The van der Waals surface area contributed by atoms with Crippen molar-refractivity contribution in [2.45, 2.75) is 84.8 Å². The van der Waals surface area contributed by atoms with Crippen molar-refractivity contribution in [1.29, 1.82) is 0 Å². The van der Waals surface area contributed by atoms with Crippen molar-refractivity contribution in [1.82, 2.24) is 9.78 Å². The smallest absolute Gasteiger partial charge is 0.399 e. The predicted octanol–water partition coefficient (Wildman–Crippen LogP) is 6.24. The van der Waals surface area contributed by atoms with Gasteiger partial charge in [-0.05, 0) is 68.9 Å². The van der Waals surface area contributed by atoms with Crippen LogP contribution in [0.1, 0.15) is 79.5 Å². The maximum absolute atomic E-state index is 13.0. The van der Waals surface area contributed by atoms with Gasteiger partial charge in [0.2, 0.25) is 0 Å². The van der Waals surface area contributed by atoms with E-state index in [0.717, 1.165) is 16.8 Å². The number of benzene rings is 2. The second-order valence-corrected chi connectivity index (χ2v) is 12.1. The lowest BCUT2D eigenvalue weighted by atomic mass is 9.79. The van der Waals surface area contributed by atoms with E-state index in [1.165, 1.54) is 5.56 Å². The summed E-state index contributed by atoms with van der Waals surface area (Å²) in [4.78, 5) is 13.0. The standard InChI is InChI=1S/C29H39BN4O3/c1-19(2)20-10-16-23(17-11-20)34-25(18-24(33-34)27(3,4)5)32-26(35)31-22-14-12-21(13-15-22)30-36-28(6,7)29(8,9)37-30/h10-19H,1-9H3,(H2,31,32,35). The average Bonchev–Trinajstić information content (AvgIpc) is 3.31. The molecule has 2 amide bonds. The summed E-state index contributed by atoms with van der Waals surface area (Å²) in [6, 6.07) is 17.4. The van der Waals surface area contributed by atoms with Crippen LogP contribution in [0.4, 0.5) is 16.3 Å². The van der Waals surface area contributed by atoms with Gasteiger partial charge in [-0.3, -0.25) is 5.32 Å². The number of anilines is 2. The van der Waals surface area contributed by atoms with Crippen molar-refractivity contribution in [3.05, 3.63) is 65.9 Å². The highest BCUT2D eigenvalue weighted by Crippen LogP contribution is 2.36. The Morgan fingerprint density at radius 3 is 2.00 bits per heavy atom. The summed E-state index contributed by atoms with van der Waals surface area (Å²) in [5.41, 5.74) is 3.63. The van der Waals surface area contributed by atoms with Crippen LogP contribution in [0.2, 0.25) is 0 Å². The van der Waals surface area contributed by atoms with E-state index in [2.05, 4.69) is 57.4 Å². The molecule has 4 rings (SSSR count). The first-order valence-electron chi connectivity index (χ1n) is 12.9. The second-order valence-electron chi connectivity index (χ2n) is 12.1. The van der Waals surface area contributed by atoms with Crippen molar-refractivity contribution in [3.63, 3.8) is 0 Å². The van der Waals surface area contributed by atoms with Gasteiger partial charge in [0.05, 0.1) is 22.6 Å². The third kappa shape index (κ3) is 5.75. The van der Waals surface area contributed by atoms with Crippen molar-refractivity contribution in [3.8, 4) is 5.69 Å². The number of hydrogen-bond acceptors (Lipinski definition) is 4. The van der Waals surface area contributed by atoms with Gasteiger partial charge in [0.25, 0.3) is 0 Å². The minimum absolute atomic E-state index is 0.167. The topological polar surface area (TPSA) is 77.4 Å². The van der Waals surface area contributed by atoms with E-state index in [0.29, 0.717) is 17.4 Å². The number of rotatable bonds is 5. The summed E-state index contributed by atoms with van der Waals surface area (Å²) in [7, 11) is -0.444. The van der Waals surface area contributed by atoms with Gasteiger partial charge in [0, 0.05) is 17.2 Å². The van der Waals surface area contributed by atoms with E-state index in [1.807, 2.05) is 70.2 Å². The normalized spacial score (nSPS) is 16.8. The molecule has 1 aliphatic rings. The lowest BCUT2D eigenvalue weighted by Gasteiger charge is -2.32. The van der Waals surface area contributed by atoms with Crippen LogP contribution in [0.3, 0.4) is 0 Å². The average molecular weight is 502 g/mol. The predicted molar refractivity (Wildman–Crippen MR) is 151 cm³/mol. The van der Waals surface area contributed by atoms with E-state index >= 15 is 0 Å². The van der Waals surface area contributed by atoms with Crippen LogP contribution in [0.15, 0.2) is 54.6 Å². The summed E-state index contributed by atoms with van der Waals surface area (Å²) in [6.45, 7) is 18.8. The minimum Gasteiger partial charge on any atom is -0.399 e. The van der Waals surface area contributed by atoms with Crippen molar-refractivity contribution < 1.29 is 14.1 Å². The fraction of sp³-hybridized carbons (Fsp3) is 0.448. The molecule has 0 atom stereocenters. The summed E-state index contributed by atoms with van der Waals surface area (Å²) in [5.74, 6) is 1.05. The SMILES string of the molecule is CC(C)c1ccc(-n2nc(C(C)(C)C)cc2NC(=O)Nc2ccc(B3OC(C)(C)C(C)(C)O3)cc2)cc1. The Balaban J connectivity index is 1.50. The van der Waals surface area contributed by atoms with Gasteiger partial charge in [0.1, 0.15) is 5.82 Å². The monoisotopic (exact) mass is 502 g/mol. The molecule has 0 saturated carbocycles. The molecule has 196 valence electrons. The van der Waals surface area contributed by atoms with E-state index < -0.39 is 18.3 Å². The van der Waals surface area contributed by atoms with Crippen LogP contribution >= 0.6 is 0 Å². The summed E-state index contributed by atoms with van der Waals surface area (Å²) >= 11 is 0. The first kappa shape index (κ1) is 27.0. The Hall–Kier alpha value is -3.10. The van der Waals surface area contributed by atoms with E-state index in [1.54, 1.807) is 4.68 Å². The van der Waals surface area contributed by atoms with Crippen LogP contribution in [0, 0.1) is 0 Å². The second kappa shape index (κ2) is 9.65. The molecule has 2 heterocycles. The van der Waals surface area contributed by atoms with Crippen molar-refractivity contribution in [2.75, 3.05) is 10.6 Å². The van der Waals surface area contributed by atoms with Crippen molar-refractivity contribution in [2.24, 2.45) is 0 Å². The van der Waals surface area contributed by atoms with Gasteiger partial charge in [-0.25, -0.2) is 9.48 Å². The molecule has 0 aliphatic carbocycles. The Labute approximate surface area is 221 Å². The first-order chi connectivity index (χ1) is 17.2. The van der Waals surface area contributed by atoms with Crippen LogP contribution in [0.25, 0.3) is 5.69 Å². The van der Waals surface area contributed by atoms with Gasteiger partial charge in [-0.2, -0.15) is 5.10 Å². The highest BCUT2D eigenvalue weighted by atomic mass is 16.7. The Morgan fingerprint density at radius 1 is 0.919 bits per heavy atom. The minimum atomic E-state index is -0.444. The zero-order valence-corrected chi connectivity index (χ0v) is 23.5. The van der Waals surface area contributed by atoms with Gasteiger partial charge in [-0.1, -0.05) is 58.9 Å². The fourth-order valence-corrected chi connectivity index (χ4v) is 4.02. The molecule has 1 aliphatic heterocycles. The lowest BCUT2D eigenvalue weighted by molar-refractivity contribution is 0.00578. The molecule has 1 fully saturated rings. The molecule has 0 radical (unpaired) electrons. The summed E-state index contributed by atoms with van der Waals surface area (Å²) in [6.07, 6.45) is 0. The van der Waals surface area contributed by atoms with Crippen LogP contribution < -0.4 is 16.1 Å². The quantitative estimate of drug-likeness (QED) is 0.405.